The Hall–Kier alpha value is -2.66. The van der Waals surface area contributed by atoms with Gasteiger partial charge in [-0.15, -0.1) is 11.3 Å². The molecule has 0 fully saturated rings. The lowest BCUT2D eigenvalue weighted by Gasteiger charge is -2.16. The average molecular weight is 353 g/mol. The number of ether oxygens (including phenoxy) is 1. The van der Waals surface area contributed by atoms with Gasteiger partial charge in [-0.3, -0.25) is 4.79 Å². The van der Waals surface area contributed by atoms with E-state index in [9.17, 15) is 9.18 Å². The van der Waals surface area contributed by atoms with E-state index in [0.29, 0.717) is 17.0 Å². The molecule has 3 aromatic rings. The Balaban J connectivity index is 1.60. The van der Waals surface area contributed by atoms with E-state index < -0.39 is 0 Å². The zero-order chi connectivity index (χ0) is 17.4. The first-order valence-electron chi connectivity index (χ1n) is 7.97. The molecule has 0 bridgehead atoms. The van der Waals surface area contributed by atoms with Crippen LogP contribution >= 0.6 is 11.3 Å². The number of halogens is 1. The number of para-hydroxylation sites is 1. The highest BCUT2D eigenvalue weighted by atomic mass is 32.1. The minimum absolute atomic E-state index is 0.111. The smallest absolute Gasteiger partial charge is 0.263 e. The first-order valence-corrected chi connectivity index (χ1v) is 8.79. The Morgan fingerprint density at radius 1 is 1.20 bits per heavy atom. The highest BCUT2D eigenvalue weighted by Gasteiger charge is 2.24. The Labute approximate surface area is 149 Å². The van der Waals surface area contributed by atoms with Crippen molar-refractivity contribution >= 4 is 17.2 Å². The van der Waals surface area contributed by atoms with Gasteiger partial charge in [0.15, 0.2) is 0 Å². The van der Waals surface area contributed by atoms with Gasteiger partial charge in [0, 0.05) is 35.2 Å². The van der Waals surface area contributed by atoms with Crippen LogP contribution in [0.15, 0.2) is 54.6 Å². The molecular formula is C20H16FNO2S. The fraction of sp³-hybridized carbons (Fsp3) is 0.150. The Bertz CT molecular complexity index is 950. The van der Waals surface area contributed by atoms with Crippen molar-refractivity contribution in [2.45, 2.75) is 13.2 Å². The van der Waals surface area contributed by atoms with Gasteiger partial charge >= 0.3 is 0 Å². The maximum atomic E-state index is 13.8. The normalized spacial score (nSPS) is 12.1. The molecule has 0 unspecified atom stereocenters. The van der Waals surface area contributed by atoms with Crippen LogP contribution in [0.1, 0.15) is 20.8 Å². The minimum atomic E-state index is -0.296. The lowest BCUT2D eigenvalue weighted by molar-refractivity contribution is 0.0788. The molecule has 2 heterocycles. The molecule has 0 N–H and O–H groups in total. The predicted molar refractivity (Wildman–Crippen MR) is 96.3 cm³/mol. The van der Waals surface area contributed by atoms with E-state index in [2.05, 4.69) is 0 Å². The van der Waals surface area contributed by atoms with Gasteiger partial charge in [0.05, 0.1) is 4.88 Å². The van der Waals surface area contributed by atoms with Gasteiger partial charge in [-0.05, 0) is 24.3 Å². The summed E-state index contributed by atoms with van der Waals surface area (Å²) in [5.74, 6) is 0.436. The van der Waals surface area contributed by atoms with Gasteiger partial charge in [-0.1, -0.05) is 30.3 Å². The monoisotopic (exact) mass is 353 g/mol. The molecule has 0 aliphatic carbocycles. The fourth-order valence-electron chi connectivity index (χ4n) is 2.95. The number of carbonyl (C=O) groups excluding carboxylic acids is 1. The zero-order valence-electron chi connectivity index (χ0n) is 13.7. The number of hydrogen-bond acceptors (Lipinski definition) is 3. The van der Waals surface area contributed by atoms with Crippen molar-refractivity contribution < 1.29 is 13.9 Å². The van der Waals surface area contributed by atoms with E-state index in [1.165, 1.54) is 17.4 Å². The van der Waals surface area contributed by atoms with Crippen LogP contribution in [0.25, 0.3) is 10.4 Å². The minimum Gasteiger partial charge on any atom is -0.488 e. The summed E-state index contributed by atoms with van der Waals surface area (Å²) in [6.07, 6.45) is 0. The quantitative estimate of drug-likeness (QED) is 0.682. The number of hydrogen-bond donors (Lipinski definition) is 0. The number of nitrogens with zero attached hydrogens (tertiary/aromatic N) is 1. The maximum absolute atomic E-state index is 13.8. The molecule has 3 nitrogen and oxygen atoms in total. The average Bonchev–Trinajstić information content (AvgIpc) is 3.07. The maximum Gasteiger partial charge on any atom is 0.263 e. The summed E-state index contributed by atoms with van der Waals surface area (Å²) in [6.45, 7) is 0.703. The van der Waals surface area contributed by atoms with Gasteiger partial charge in [0.25, 0.3) is 5.91 Å². The molecule has 0 atom stereocenters. The van der Waals surface area contributed by atoms with Crippen LogP contribution in [0.4, 0.5) is 4.39 Å². The van der Waals surface area contributed by atoms with Crippen molar-refractivity contribution in [1.29, 1.82) is 0 Å². The molecule has 0 radical (unpaired) electrons. The lowest BCUT2D eigenvalue weighted by Crippen LogP contribution is -2.25. The second kappa shape index (κ2) is 6.33. The fourth-order valence-corrected chi connectivity index (χ4v) is 4.14. The number of fused-ring (bicyclic) bond motifs is 3. The first-order chi connectivity index (χ1) is 12.1. The van der Waals surface area contributed by atoms with Crippen molar-refractivity contribution in [3.63, 3.8) is 0 Å². The van der Waals surface area contributed by atoms with Gasteiger partial charge in [0.2, 0.25) is 0 Å². The molecule has 126 valence electrons. The largest absolute Gasteiger partial charge is 0.488 e. The van der Waals surface area contributed by atoms with Gasteiger partial charge in [-0.25, -0.2) is 4.39 Å². The molecular weight excluding hydrogens is 337 g/mol. The standard InChI is InChI=1S/C20H16FNO2S/c1-22(11-13-6-2-4-8-16(13)21)20(23)18-10-14-12-24-17-9-5-3-7-15(17)19(14)25-18/h2-10H,11-12H2,1H3. The molecule has 0 saturated carbocycles. The van der Waals surface area contributed by atoms with E-state index in [0.717, 1.165) is 21.8 Å². The van der Waals surface area contributed by atoms with E-state index in [-0.39, 0.29) is 18.3 Å². The van der Waals surface area contributed by atoms with Crippen LogP contribution in [-0.2, 0) is 13.2 Å². The van der Waals surface area contributed by atoms with Crippen molar-refractivity contribution in [2.24, 2.45) is 0 Å². The number of carbonyl (C=O) groups is 1. The number of benzene rings is 2. The van der Waals surface area contributed by atoms with Crippen molar-refractivity contribution in [2.75, 3.05) is 7.05 Å². The van der Waals surface area contributed by atoms with Crippen LogP contribution in [0.5, 0.6) is 5.75 Å². The van der Waals surface area contributed by atoms with Gasteiger partial charge < -0.3 is 9.64 Å². The van der Waals surface area contributed by atoms with E-state index in [1.54, 1.807) is 30.1 Å². The second-order valence-corrected chi connectivity index (χ2v) is 7.05. The number of rotatable bonds is 3. The summed E-state index contributed by atoms with van der Waals surface area (Å²) in [6, 6.07) is 16.2. The summed E-state index contributed by atoms with van der Waals surface area (Å²) in [5, 5.41) is 0. The predicted octanol–water partition coefficient (Wildman–Crippen LogP) is 4.72. The van der Waals surface area contributed by atoms with Crippen molar-refractivity contribution in [3.05, 3.63) is 76.4 Å². The zero-order valence-corrected chi connectivity index (χ0v) is 14.5. The third-order valence-electron chi connectivity index (χ3n) is 4.25. The Morgan fingerprint density at radius 3 is 2.80 bits per heavy atom. The number of amides is 1. The molecule has 1 aliphatic heterocycles. The SMILES string of the molecule is CN(Cc1ccccc1F)C(=O)c1cc2c(s1)-c1ccccc1OC2. The summed E-state index contributed by atoms with van der Waals surface area (Å²) in [7, 11) is 1.69. The van der Waals surface area contributed by atoms with E-state index in [4.69, 9.17) is 4.74 Å². The Morgan fingerprint density at radius 2 is 1.96 bits per heavy atom. The third kappa shape index (κ3) is 2.91. The summed E-state index contributed by atoms with van der Waals surface area (Å²) < 4.78 is 19.6. The van der Waals surface area contributed by atoms with Gasteiger partial charge in [-0.2, -0.15) is 0 Å². The van der Waals surface area contributed by atoms with Crippen molar-refractivity contribution in [3.8, 4) is 16.2 Å². The summed E-state index contributed by atoms with van der Waals surface area (Å²) in [4.78, 5) is 16.0. The van der Waals surface area contributed by atoms with Crippen LogP contribution in [-0.4, -0.2) is 17.9 Å². The molecule has 25 heavy (non-hydrogen) atoms. The van der Waals surface area contributed by atoms with E-state index in [1.807, 2.05) is 30.3 Å². The molecule has 1 aromatic heterocycles. The van der Waals surface area contributed by atoms with Crippen LogP contribution in [0, 0.1) is 5.82 Å². The molecule has 4 rings (SSSR count). The molecule has 0 spiro atoms. The third-order valence-corrected chi connectivity index (χ3v) is 5.45. The van der Waals surface area contributed by atoms with Crippen LogP contribution in [0.3, 0.4) is 0 Å². The van der Waals surface area contributed by atoms with E-state index >= 15 is 0 Å². The van der Waals surface area contributed by atoms with Crippen LogP contribution in [0.2, 0.25) is 0 Å². The topological polar surface area (TPSA) is 29.5 Å². The first kappa shape index (κ1) is 15.8. The van der Waals surface area contributed by atoms with Gasteiger partial charge in [0.1, 0.15) is 18.2 Å². The summed E-state index contributed by atoms with van der Waals surface area (Å²) >= 11 is 1.46. The molecule has 0 saturated heterocycles. The molecule has 2 aromatic carbocycles. The van der Waals surface area contributed by atoms with Crippen LogP contribution < -0.4 is 4.74 Å². The Kier molecular flexibility index (Phi) is 4.01. The molecule has 1 amide bonds. The lowest BCUT2D eigenvalue weighted by atomic mass is 10.1. The highest BCUT2D eigenvalue weighted by Crippen LogP contribution is 2.42. The molecule has 5 heteroatoms. The second-order valence-electron chi connectivity index (χ2n) is 6.00. The highest BCUT2D eigenvalue weighted by molar-refractivity contribution is 7.17. The van der Waals surface area contributed by atoms with Crippen molar-refractivity contribution in [1.82, 2.24) is 4.90 Å². The number of thiophene rings is 1. The summed E-state index contributed by atoms with van der Waals surface area (Å²) in [5.41, 5.74) is 2.55. The molecule has 1 aliphatic rings.